The van der Waals surface area contributed by atoms with Gasteiger partial charge in [0.25, 0.3) is 0 Å². The number of carbonyl (C=O) groups is 4. The van der Waals surface area contributed by atoms with E-state index in [0.717, 1.165) is 31.2 Å². The molecule has 0 aromatic heterocycles. The molecule has 3 amide bonds. The predicted molar refractivity (Wildman–Crippen MR) is 106 cm³/mol. The number of hydrogen-bond acceptors (Lipinski definition) is 5. The van der Waals surface area contributed by atoms with Crippen LogP contribution in [0.2, 0.25) is 5.02 Å². The molecule has 0 bridgehead atoms. The van der Waals surface area contributed by atoms with E-state index in [1.807, 2.05) is 0 Å². The van der Waals surface area contributed by atoms with E-state index in [0.29, 0.717) is 5.02 Å². The number of carbonyl (C=O) groups excluding carboxylic acids is 4. The van der Waals surface area contributed by atoms with Crippen LogP contribution >= 0.6 is 11.6 Å². The van der Waals surface area contributed by atoms with Crippen molar-refractivity contribution in [3.05, 3.63) is 34.9 Å². The second kappa shape index (κ2) is 9.39. The van der Waals surface area contributed by atoms with Crippen molar-refractivity contribution < 1.29 is 23.9 Å². The fraction of sp³-hybridized carbons (Fsp3) is 0.524. The average molecular weight is 421 g/mol. The van der Waals surface area contributed by atoms with Gasteiger partial charge in [-0.2, -0.15) is 0 Å². The molecule has 8 heteroatoms. The first-order valence-corrected chi connectivity index (χ1v) is 10.2. The summed E-state index contributed by atoms with van der Waals surface area (Å²) in [5.41, 5.74) is 0.811. The number of methoxy groups -OCH3 is 1. The highest BCUT2D eigenvalue weighted by Crippen LogP contribution is 2.38. The van der Waals surface area contributed by atoms with Gasteiger partial charge in [0.2, 0.25) is 17.7 Å². The Morgan fingerprint density at radius 2 is 1.69 bits per heavy atom. The molecular formula is C21H25ClN2O5. The molecule has 2 atom stereocenters. The Hall–Kier alpha value is -2.41. The summed E-state index contributed by atoms with van der Waals surface area (Å²) in [6.45, 7) is 0.0468. The molecule has 1 aromatic carbocycles. The van der Waals surface area contributed by atoms with E-state index in [9.17, 15) is 19.2 Å². The molecule has 1 aliphatic carbocycles. The molecule has 1 saturated heterocycles. The lowest BCUT2D eigenvalue weighted by molar-refractivity contribution is -0.148. The second-order valence-electron chi connectivity index (χ2n) is 7.53. The van der Waals surface area contributed by atoms with Crippen molar-refractivity contribution in [3.63, 3.8) is 0 Å². The molecule has 2 unspecified atom stereocenters. The van der Waals surface area contributed by atoms with Crippen molar-refractivity contribution >= 4 is 35.3 Å². The lowest BCUT2D eigenvalue weighted by Gasteiger charge is -2.23. The first-order valence-electron chi connectivity index (χ1n) is 9.85. The van der Waals surface area contributed by atoms with Gasteiger partial charge in [0, 0.05) is 24.5 Å². The van der Waals surface area contributed by atoms with Crippen LogP contribution in [0.1, 0.15) is 37.7 Å². The summed E-state index contributed by atoms with van der Waals surface area (Å²) in [6, 6.07) is 6.97. The first-order chi connectivity index (χ1) is 13.9. The Balaban J connectivity index is 1.64. The number of rotatable bonds is 7. The van der Waals surface area contributed by atoms with E-state index in [1.54, 1.807) is 24.3 Å². The van der Waals surface area contributed by atoms with Gasteiger partial charge in [-0.1, -0.05) is 36.6 Å². The number of halogens is 1. The summed E-state index contributed by atoms with van der Waals surface area (Å²) in [4.78, 5) is 52.3. The zero-order chi connectivity index (χ0) is 21.0. The third kappa shape index (κ3) is 4.96. The van der Waals surface area contributed by atoms with Crippen LogP contribution < -0.4 is 0 Å². The van der Waals surface area contributed by atoms with E-state index in [-0.39, 0.29) is 55.6 Å². The average Bonchev–Trinajstić information content (AvgIpc) is 2.97. The maximum absolute atomic E-state index is 12.8. The lowest BCUT2D eigenvalue weighted by Crippen LogP contribution is -2.39. The molecule has 0 N–H and O–H groups in total. The maximum atomic E-state index is 12.8. The number of fused-ring (bicyclic) bond motifs is 1. The number of likely N-dealkylation sites (tertiary alicyclic amines) is 1. The Bertz CT molecular complexity index is 771. The third-order valence-corrected chi connectivity index (χ3v) is 5.92. The van der Waals surface area contributed by atoms with Crippen LogP contribution in [-0.2, 0) is 30.5 Å². The van der Waals surface area contributed by atoms with E-state index < -0.39 is 5.97 Å². The van der Waals surface area contributed by atoms with Crippen molar-refractivity contribution in [3.8, 4) is 0 Å². The molecular weight excluding hydrogens is 396 g/mol. The molecule has 156 valence electrons. The Morgan fingerprint density at radius 1 is 1.10 bits per heavy atom. The van der Waals surface area contributed by atoms with Crippen molar-refractivity contribution in [2.45, 2.75) is 38.6 Å². The van der Waals surface area contributed by atoms with Crippen molar-refractivity contribution in [2.24, 2.45) is 11.8 Å². The van der Waals surface area contributed by atoms with Gasteiger partial charge in [-0.25, -0.2) is 0 Å². The summed E-state index contributed by atoms with van der Waals surface area (Å²) >= 11 is 5.90. The van der Waals surface area contributed by atoms with Gasteiger partial charge in [-0.15, -0.1) is 0 Å². The summed E-state index contributed by atoms with van der Waals surface area (Å²) in [7, 11) is 1.26. The van der Waals surface area contributed by atoms with Gasteiger partial charge in [-0.3, -0.25) is 24.1 Å². The zero-order valence-corrected chi connectivity index (χ0v) is 17.2. The van der Waals surface area contributed by atoms with Gasteiger partial charge in [0.15, 0.2) is 0 Å². The highest BCUT2D eigenvalue weighted by Gasteiger charge is 2.47. The highest BCUT2D eigenvalue weighted by atomic mass is 35.5. The highest BCUT2D eigenvalue weighted by molar-refractivity contribution is 6.30. The van der Waals surface area contributed by atoms with Gasteiger partial charge in [0.05, 0.1) is 18.9 Å². The largest absolute Gasteiger partial charge is 0.468 e. The molecule has 1 aliphatic heterocycles. The minimum Gasteiger partial charge on any atom is -0.468 e. The summed E-state index contributed by atoms with van der Waals surface area (Å²) in [5, 5.41) is 0.576. The topological polar surface area (TPSA) is 84.0 Å². The molecule has 1 aromatic rings. The number of imide groups is 1. The monoisotopic (exact) mass is 420 g/mol. The molecule has 3 rings (SSSR count). The van der Waals surface area contributed by atoms with Crippen LogP contribution in [0.5, 0.6) is 0 Å². The quantitative estimate of drug-likeness (QED) is 0.499. The van der Waals surface area contributed by atoms with E-state index >= 15 is 0 Å². The molecule has 0 spiro atoms. The number of hydrogen-bond donors (Lipinski definition) is 0. The van der Waals surface area contributed by atoms with Crippen LogP contribution in [0.15, 0.2) is 24.3 Å². The van der Waals surface area contributed by atoms with Gasteiger partial charge >= 0.3 is 5.97 Å². The summed E-state index contributed by atoms with van der Waals surface area (Å²) < 4.78 is 4.69. The molecule has 1 saturated carbocycles. The van der Waals surface area contributed by atoms with E-state index in [2.05, 4.69) is 0 Å². The van der Waals surface area contributed by atoms with Gasteiger partial charge in [0.1, 0.15) is 6.54 Å². The number of esters is 1. The Morgan fingerprint density at radius 3 is 2.24 bits per heavy atom. The van der Waals surface area contributed by atoms with Crippen LogP contribution in [0, 0.1) is 11.8 Å². The smallest absolute Gasteiger partial charge is 0.325 e. The summed E-state index contributed by atoms with van der Waals surface area (Å²) in [5.74, 6) is -1.64. The molecule has 2 fully saturated rings. The fourth-order valence-corrected chi connectivity index (χ4v) is 4.21. The van der Waals surface area contributed by atoms with Crippen molar-refractivity contribution in [1.29, 1.82) is 0 Å². The molecule has 1 heterocycles. The predicted octanol–water partition coefficient (Wildman–Crippen LogP) is 2.41. The minimum absolute atomic E-state index is 0.0263. The molecule has 29 heavy (non-hydrogen) atoms. The van der Waals surface area contributed by atoms with E-state index in [1.165, 1.54) is 16.9 Å². The Labute approximate surface area is 174 Å². The minimum atomic E-state index is -0.536. The van der Waals surface area contributed by atoms with Gasteiger partial charge < -0.3 is 9.64 Å². The first kappa shape index (κ1) is 21.3. The third-order valence-electron chi connectivity index (χ3n) is 5.67. The van der Waals surface area contributed by atoms with Crippen molar-refractivity contribution in [1.82, 2.24) is 9.80 Å². The zero-order valence-electron chi connectivity index (χ0n) is 16.4. The van der Waals surface area contributed by atoms with Crippen molar-refractivity contribution in [2.75, 3.05) is 20.2 Å². The van der Waals surface area contributed by atoms with Gasteiger partial charge in [-0.05, 0) is 30.5 Å². The Kier molecular flexibility index (Phi) is 6.90. The number of amides is 3. The number of nitrogens with zero attached hydrogens (tertiary/aromatic N) is 2. The molecule has 2 aliphatic rings. The normalized spacial score (nSPS) is 21.1. The molecule has 0 radical (unpaired) electrons. The van der Waals surface area contributed by atoms with Crippen LogP contribution in [0.3, 0.4) is 0 Å². The number of benzene rings is 1. The SMILES string of the molecule is COC(=O)CN(Cc1ccc(Cl)cc1)C(=O)CCN1C(=O)C2CCCCC2C1=O. The standard InChI is InChI=1S/C21H25ClN2O5/c1-29-19(26)13-23(12-14-6-8-15(22)9-7-14)18(25)10-11-24-20(27)16-4-2-3-5-17(16)21(24)28/h6-9,16-17H,2-5,10-13H2,1H3. The molecule has 7 nitrogen and oxygen atoms in total. The number of ether oxygens (including phenoxy) is 1. The van der Waals surface area contributed by atoms with Crippen LogP contribution in [0.4, 0.5) is 0 Å². The van der Waals surface area contributed by atoms with E-state index in [4.69, 9.17) is 16.3 Å². The van der Waals surface area contributed by atoms with Crippen LogP contribution in [0.25, 0.3) is 0 Å². The lowest BCUT2D eigenvalue weighted by atomic mass is 9.81. The van der Waals surface area contributed by atoms with Crippen LogP contribution in [-0.4, -0.2) is 53.7 Å². The maximum Gasteiger partial charge on any atom is 0.325 e. The second-order valence-corrected chi connectivity index (χ2v) is 7.96. The fourth-order valence-electron chi connectivity index (χ4n) is 4.08. The summed E-state index contributed by atoms with van der Waals surface area (Å²) in [6.07, 6.45) is 3.37.